The van der Waals surface area contributed by atoms with Crippen molar-refractivity contribution in [1.29, 1.82) is 5.26 Å². The molecule has 0 fully saturated rings. The zero-order valence-corrected chi connectivity index (χ0v) is 13.3. The number of nitrogens with one attached hydrogen (secondary N) is 1. The van der Waals surface area contributed by atoms with Crippen molar-refractivity contribution in [3.8, 4) is 6.07 Å². The minimum atomic E-state index is -0.0548. The molecule has 0 spiro atoms. The van der Waals surface area contributed by atoms with E-state index in [1.165, 1.54) is 0 Å². The standard InChI is InChI=1S/C18H17N5/c1-11-14(9-19)5-4-6-15(11)12(2)21-18-16-7-8-20-10-17(16)13(3)22-23-18/h4-8,10,12H,1-3H3,(H,21,23)/t12-/m1/s1/i8D. The second kappa shape index (κ2) is 6.01. The number of hydrogen-bond acceptors (Lipinski definition) is 5. The highest BCUT2D eigenvalue weighted by Crippen LogP contribution is 2.27. The molecule has 5 nitrogen and oxygen atoms in total. The quantitative estimate of drug-likeness (QED) is 0.798. The van der Waals surface area contributed by atoms with E-state index in [1.54, 1.807) is 12.3 Å². The Kier molecular flexibility index (Phi) is 3.57. The number of nitriles is 1. The molecule has 1 N–H and O–H groups in total. The van der Waals surface area contributed by atoms with Gasteiger partial charge in [-0.25, -0.2) is 0 Å². The first-order valence-corrected chi connectivity index (χ1v) is 7.37. The van der Waals surface area contributed by atoms with Gasteiger partial charge in [0.15, 0.2) is 5.82 Å². The number of benzene rings is 1. The van der Waals surface area contributed by atoms with Crippen molar-refractivity contribution in [2.45, 2.75) is 26.8 Å². The van der Waals surface area contributed by atoms with Crippen molar-refractivity contribution < 1.29 is 1.37 Å². The van der Waals surface area contributed by atoms with Gasteiger partial charge in [0, 0.05) is 23.1 Å². The van der Waals surface area contributed by atoms with Gasteiger partial charge in [0.25, 0.3) is 0 Å². The summed E-state index contributed by atoms with van der Waals surface area (Å²) in [5.41, 5.74) is 3.42. The summed E-state index contributed by atoms with van der Waals surface area (Å²) in [6.45, 7) is 5.82. The van der Waals surface area contributed by atoms with E-state index < -0.39 is 0 Å². The van der Waals surface area contributed by atoms with E-state index in [1.807, 2.05) is 39.0 Å². The van der Waals surface area contributed by atoms with Gasteiger partial charge in [-0.2, -0.15) is 10.4 Å². The molecule has 5 heteroatoms. The lowest BCUT2D eigenvalue weighted by atomic mass is 9.98. The topological polar surface area (TPSA) is 74.5 Å². The Bertz CT molecular complexity index is 962. The number of fused-ring (bicyclic) bond motifs is 1. The molecule has 2 aromatic heterocycles. The zero-order valence-electron chi connectivity index (χ0n) is 14.3. The van der Waals surface area contributed by atoms with Gasteiger partial charge in [-0.1, -0.05) is 12.1 Å². The normalized spacial score (nSPS) is 12.5. The van der Waals surface area contributed by atoms with Crippen LogP contribution >= 0.6 is 0 Å². The van der Waals surface area contributed by atoms with Crippen LogP contribution in [0.3, 0.4) is 0 Å². The van der Waals surface area contributed by atoms with Crippen LogP contribution < -0.4 is 5.32 Å². The SMILES string of the molecule is [2H]c1cc2c(N[C@H](C)c3cccc(C#N)c3C)nnc(C)c2cn1. The summed E-state index contributed by atoms with van der Waals surface area (Å²) in [6, 6.07) is 9.52. The number of anilines is 1. The largest absolute Gasteiger partial charge is 0.362 e. The van der Waals surface area contributed by atoms with Gasteiger partial charge in [0.2, 0.25) is 0 Å². The van der Waals surface area contributed by atoms with Gasteiger partial charge in [-0.3, -0.25) is 4.98 Å². The van der Waals surface area contributed by atoms with Crippen molar-refractivity contribution in [2.24, 2.45) is 0 Å². The zero-order chi connectivity index (χ0) is 17.3. The Balaban J connectivity index is 2.03. The lowest BCUT2D eigenvalue weighted by molar-refractivity contribution is 0.852. The molecule has 2 heterocycles. The van der Waals surface area contributed by atoms with Crippen molar-refractivity contribution in [1.82, 2.24) is 15.2 Å². The van der Waals surface area contributed by atoms with Crippen molar-refractivity contribution in [2.75, 3.05) is 5.32 Å². The third-order valence-corrected chi connectivity index (χ3v) is 4.03. The minimum absolute atomic E-state index is 0.0548. The Morgan fingerprint density at radius 3 is 2.83 bits per heavy atom. The Morgan fingerprint density at radius 1 is 1.22 bits per heavy atom. The van der Waals surface area contributed by atoms with Crippen molar-refractivity contribution in [3.63, 3.8) is 0 Å². The van der Waals surface area contributed by atoms with E-state index in [0.29, 0.717) is 11.4 Å². The smallest absolute Gasteiger partial charge is 0.157 e. The average Bonchev–Trinajstić information content (AvgIpc) is 2.57. The highest BCUT2D eigenvalue weighted by atomic mass is 15.2. The molecular weight excluding hydrogens is 286 g/mol. The van der Waals surface area contributed by atoms with E-state index in [0.717, 1.165) is 27.6 Å². The molecule has 0 bridgehead atoms. The molecule has 0 aliphatic rings. The maximum absolute atomic E-state index is 9.20. The third kappa shape index (κ3) is 2.71. The third-order valence-electron chi connectivity index (χ3n) is 4.03. The van der Waals surface area contributed by atoms with Crippen LogP contribution in [0.2, 0.25) is 0 Å². The van der Waals surface area contributed by atoms with Crippen molar-refractivity contribution in [3.05, 3.63) is 59.0 Å². The number of nitrogens with zero attached hydrogens (tertiary/aromatic N) is 4. The molecule has 23 heavy (non-hydrogen) atoms. The molecule has 3 aromatic rings. The van der Waals surface area contributed by atoms with Crippen LogP contribution in [0.1, 0.15) is 36.7 Å². The summed E-state index contributed by atoms with van der Waals surface area (Å²) < 4.78 is 7.75. The summed E-state index contributed by atoms with van der Waals surface area (Å²) in [6.07, 6.45) is 1.84. The van der Waals surface area contributed by atoms with Gasteiger partial charge < -0.3 is 5.32 Å². The molecule has 114 valence electrons. The first-order chi connectivity index (χ1) is 11.5. The molecule has 0 radical (unpaired) electrons. The molecule has 0 amide bonds. The summed E-state index contributed by atoms with van der Waals surface area (Å²) in [4.78, 5) is 4.02. The molecule has 0 aliphatic carbocycles. The number of hydrogen-bond donors (Lipinski definition) is 1. The summed E-state index contributed by atoms with van der Waals surface area (Å²) in [5, 5.41) is 22.7. The van der Waals surface area contributed by atoms with Crippen LogP contribution in [0.25, 0.3) is 10.8 Å². The van der Waals surface area contributed by atoms with Crippen molar-refractivity contribution >= 4 is 16.6 Å². The second-order valence-electron chi connectivity index (χ2n) is 5.49. The van der Waals surface area contributed by atoms with Gasteiger partial charge in [-0.15, -0.1) is 5.10 Å². The fourth-order valence-corrected chi connectivity index (χ4v) is 2.70. The van der Waals surface area contributed by atoms with Crippen LogP contribution in [-0.2, 0) is 0 Å². The average molecular weight is 304 g/mol. The Morgan fingerprint density at radius 2 is 2.04 bits per heavy atom. The van der Waals surface area contributed by atoms with Gasteiger partial charge in [-0.05, 0) is 44.0 Å². The monoisotopic (exact) mass is 304 g/mol. The first-order valence-electron chi connectivity index (χ1n) is 7.87. The van der Waals surface area contributed by atoms with E-state index in [2.05, 4.69) is 26.6 Å². The van der Waals surface area contributed by atoms with Gasteiger partial charge in [0.05, 0.1) is 24.7 Å². The molecular formula is C18H17N5. The minimum Gasteiger partial charge on any atom is -0.362 e. The number of aromatic nitrogens is 3. The molecule has 1 atom stereocenters. The number of rotatable bonds is 3. The predicted molar refractivity (Wildman–Crippen MR) is 90.0 cm³/mol. The molecule has 3 rings (SSSR count). The summed E-state index contributed by atoms with van der Waals surface area (Å²) in [7, 11) is 0. The second-order valence-corrected chi connectivity index (χ2v) is 5.49. The van der Waals surface area contributed by atoms with Gasteiger partial charge >= 0.3 is 0 Å². The fraction of sp³-hybridized carbons (Fsp3) is 0.222. The highest BCUT2D eigenvalue weighted by molar-refractivity contribution is 5.92. The van der Waals surface area contributed by atoms with Crippen LogP contribution in [0.4, 0.5) is 5.82 Å². The van der Waals surface area contributed by atoms with Crippen LogP contribution in [0.15, 0.2) is 36.6 Å². The molecule has 0 saturated carbocycles. The lowest BCUT2D eigenvalue weighted by Crippen LogP contribution is -2.11. The van der Waals surface area contributed by atoms with E-state index in [-0.39, 0.29) is 12.2 Å². The lowest BCUT2D eigenvalue weighted by Gasteiger charge is -2.18. The summed E-state index contributed by atoms with van der Waals surface area (Å²) in [5.74, 6) is 0.612. The maximum Gasteiger partial charge on any atom is 0.157 e. The van der Waals surface area contributed by atoms with E-state index >= 15 is 0 Å². The van der Waals surface area contributed by atoms with Gasteiger partial charge in [0.1, 0.15) is 0 Å². The Labute approximate surface area is 136 Å². The van der Waals surface area contributed by atoms with Crippen LogP contribution in [0.5, 0.6) is 0 Å². The predicted octanol–water partition coefficient (Wildman–Crippen LogP) is 3.69. The number of pyridine rings is 1. The van der Waals surface area contributed by atoms with E-state index in [4.69, 9.17) is 1.37 Å². The molecule has 0 saturated heterocycles. The van der Waals surface area contributed by atoms with Crippen LogP contribution in [-0.4, -0.2) is 15.2 Å². The van der Waals surface area contributed by atoms with E-state index in [9.17, 15) is 5.26 Å². The first kappa shape index (κ1) is 13.6. The maximum atomic E-state index is 9.20. The Hall–Kier alpha value is -3.00. The molecule has 1 aromatic carbocycles. The molecule has 0 aliphatic heterocycles. The number of aryl methyl sites for hydroxylation is 1. The molecule has 0 unspecified atom stereocenters. The summed E-state index contributed by atoms with van der Waals surface area (Å²) >= 11 is 0. The fourth-order valence-electron chi connectivity index (χ4n) is 2.70. The van der Waals surface area contributed by atoms with Crippen LogP contribution in [0, 0.1) is 25.2 Å². The highest BCUT2D eigenvalue weighted by Gasteiger charge is 2.14.